The minimum absolute atomic E-state index is 0.0827. The van der Waals surface area contributed by atoms with Gasteiger partial charge in [-0.3, -0.25) is 14.4 Å². The molecule has 0 radical (unpaired) electrons. The standard InChI is InChI=1S/C25H39N3O7S/c1-8-16(2)28(23(32)19(12-13-36-7)27-24(33)35-25(3,4)5)21(17-10-9-11-18(29)14-17)22(31)26-15-20(30)34-6/h9-11,14,16,19,21,29H,8,12-13,15H2,1-7H3,(H,26,31)(H,27,33). The molecule has 36 heavy (non-hydrogen) atoms. The van der Waals surface area contributed by atoms with Crippen LogP contribution in [0, 0.1) is 0 Å². The van der Waals surface area contributed by atoms with Crippen molar-refractivity contribution in [1.29, 1.82) is 0 Å². The van der Waals surface area contributed by atoms with Crippen LogP contribution in [0.4, 0.5) is 4.79 Å². The first kappa shape index (κ1) is 31.1. The fourth-order valence-electron chi connectivity index (χ4n) is 3.38. The number of rotatable bonds is 12. The molecule has 3 N–H and O–H groups in total. The van der Waals surface area contributed by atoms with Crippen LogP contribution in [0.5, 0.6) is 5.75 Å². The lowest BCUT2D eigenvalue weighted by Gasteiger charge is -2.38. The van der Waals surface area contributed by atoms with Gasteiger partial charge in [-0.2, -0.15) is 11.8 Å². The largest absolute Gasteiger partial charge is 0.508 e. The molecule has 0 fully saturated rings. The van der Waals surface area contributed by atoms with E-state index < -0.39 is 47.6 Å². The molecule has 1 rings (SSSR count). The molecule has 3 amide bonds. The number of aromatic hydroxyl groups is 1. The van der Waals surface area contributed by atoms with Gasteiger partial charge in [-0.1, -0.05) is 19.1 Å². The monoisotopic (exact) mass is 525 g/mol. The summed E-state index contributed by atoms with van der Waals surface area (Å²) in [5.74, 6) is -1.26. The smallest absolute Gasteiger partial charge is 0.408 e. The summed E-state index contributed by atoms with van der Waals surface area (Å²) in [6, 6.07) is 3.45. The highest BCUT2D eigenvalue weighted by Gasteiger charge is 2.38. The summed E-state index contributed by atoms with van der Waals surface area (Å²) >= 11 is 1.51. The molecule has 0 saturated heterocycles. The Morgan fingerprint density at radius 2 is 1.86 bits per heavy atom. The zero-order valence-electron chi connectivity index (χ0n) is 22.1. The topological polar surface area (TPSA) is 134 Å². The number of thioether (sulfide) groups is 1. The number of ether oxygens (including phenoxy) is 2. The summed E-state index contributed by atoms with van der Waals surface area (Å²) in [5, 5.41) is 15.3. The highest BCUT2D eigenvalue weighted by molar-refractivity contribution is 7.98. The minimum Gasteiger partial charge on any atom is -0.508 e. The van der Waals surface area contributed by atoms with Crippen LogP contribution in [0.2, 0.25) is 0 Å². The predicted octanol–water partition coefficient (Wildman–Crippen LogP) is 3.00. The van der Waals surface area contributed by atoms with Gasteiger partial charge in [-0.15, -0.1) is 0 Å². The highest BCUT2D eigenvalue weighted by Crippen LogP contribution is 2.28. The van der Waals surface area contributed by atoms with Crippen molar-refractivity contribution in [2.75, 3.05) is 25.7 Å². The normalized spacial score (nSPS) is 13.6. The van der Waals surface area contributed by atoms with Gasteiger partial charge < -0.3 is 30.1 Å². The van der Waals surface area contributed by atoms with E-state index in [2.05, 4.69) is 15.4 Å². The van der Waals surface area contributed by atoms with E-state index in [9.17, 15) is 24.3 Å². The maximum absolute atomic E-state index is 14.0. The van der Waals surface area contributed by atoms with Crippen LogP contribution in [-0.2, 0) is 23.9 Å². The second-order valence-electron chi connectivity index (χ2n) is 9.27. The molecule has 1 aromatic rings. The molecular formula is C25H39N3O7S. The van der Waals surface area contributed by atoms with Crippen molar-refractivity contribution in [1.82, 2.24) is 15.5 Å². The number of benzene rings is 1. The van der Waals surface area contributed by atoms with E-state index in [4.69, 9.17) is 4.74 Å². The second kappa shape index (κ2) is 14.6. The number of carbonyl (C=O) groups is 4. The lowest BCUT2D eigenvalue weighted by atomic mass is 9.99. The molecule has 0 aliphatic rings. The third-order valence-corrected chi connectivity index (χ3v) is 5.91. The molecular weight excluding hydrogens is 486 g/mol. The molecule has 10 nitrogen and oxygen atoms in total. The number of carbonyl (C=O) groups excluding carboxylic acids is 4. The summed E-state index contributed by atoms with van der Waals surface area (Å²) in [5.41, 5.74) is -0.405. The number of nitrogens with zero attached hydrogens (tertiary/aromatic N) is 1. The van der Waals surface area contributed by atoms with E-state index in [1.54, 1.807) is 39.8 Å². The van der Waals surface area contributed by atoms with Gasteiger partial charge >= 0.3 is 12.1 Å². The van der Waals surface area contributed by atoms with Crippen molar-refractivity contribution in [3.63, 3.8) is 0 Å². The van der Waals surface area contributed by atoms with Crippen molar-refractivity contribution in [3.05, 3.63) is 29.8 Å². The van der Waals surface area contributed by atoms with Crippen molar-refractivity contribution in [2.24, 2.45) is 0 Å². The fraction of sp³-hybridized carbons (Fsp3) is 0.600. The van der Waals surface area contributed by atoms with Gasteiger partial charge in [0.25, 0.3) is 0 Å². The Kier molecular flexibility index (Phi) is 12.6. The zero-order valence-corrected chi connectivity index (χ0v) is 22.9. The average Bonchev–Trinajstić information content (AvgIpc) is 2.81. The van der Waals surface area contributed by atoms with Crippen LogP contribution in [0.3, 0.4) is 0 Å². The SMILES string of the molecule is CCC(C)N(C(=O)C(CCSC)NC(=O)OC(C)(C)C)C(C(=O)NCC(=O)OC)c1cccc(O)c1. The van der Waals surface area contributed by atoms with E-state index in [-0.39, 0.29) is 12.3 Å². The quantitative estimate of drug-likeness (QED) is 0.355. The van der Waals surface area contributed by atoms with Crippen LogP contribution >= 0.6 is 11.8 Å². The molecule has 11 heteroatoms. The number of esters is 1. The van der Waals surface area contributed by atoms with Gasteiger partial charge in [0.1, 0.15) is 30.0 Å². The van der Waals surface area contributed by atoms with Crippen LogP contribution in [0.25, 0.3) is 0 Å². The molecule has 1 aromatic carbocycles. The first-order valence-corrected chi connectivity index (χ1v) is 13.2. The number of hydrogen-bond acceptors (Lipinski definition) is 8. The van der Waals surface area contributed by atoms with Gasteiger partial charge in [-0.05, 0) is 70.2 Å². The molecule has 202 valence electrons. The Labute approximate surface area is 217 Å². The second-order valence-corrected chi connectivity index (χ2v) is 10.3. The molecule has 0 heterocycles. The maximum atomic E-state index is 14.0. The minimum atomic E-state index is -1.18. The van der Waals surface area contributed by atoms with E-state index in [0.29, 0.717) is 24.2 Å². The summed E-state index contributed by atoms with van der Waals surface area (Å²) in [6.07, 6.45) is 1.96. The molecule has 0 bridgehead atoms. The Balaban J connectivity index is 3.48. The summed E-state index contributed by atoms with van der Waals surface area (Å²) in [7, 11) is 1.20. The van der Waals surface area contributed by atoms with Crippen molar-refractivity contribution >= 4 is 35.6 Å². The summed E-state index contributed by atoms with van der Waals surface area (Å²) in [6.45, 7) is 8.44. The molecule has 3 unspecified atom stereocenters. The van der Waals surface area contributed by atoms with E-state index >= 15 is 0 Å². The van der Waals surface area contributed by atoms with Crippen LogP contribution in [-0.4, -0.2) is 77.2 Å². The number of nitrogens with one attached hydrogen (secondary N) is 2. The van der Waals surface area contributed by atoms with E-state index in [0.717, 1.165) is 0 Å². The number of methoxy groups -OCH3 is 1. The average molecular weight is 526 g/mol. The zero-order chi connectivity index (χ0) is 27.5. The number of alkyl carbamates (subject to hydrolysis) is 1. The first-order chi connectivity index (χ1) is 16.8. The molecule has 0 saturated carbocycles. The molecule has 0 aliphatic carbocycles. The molecule has 3 atom stereocenters. The Morgan fingerprint density at radius 1 is 1.19 bits per heavy atom. The number of phenols is 1. The van der Waals surface area contributed by atoms with Gasteiger partial charge in [0.05, 0.1) is 7.11 Å². The summed E-state index contributed by atoms with van der Waals surface area (Å²) in [4.78, 5) is 52.9. The van der Waals surface area contributed by atoms with Crippen LogP contribution in [0.15, 0.2) is 24.3 Å². The molecule has 0 aromatic heterocycles. The van der Waals surface area contributed by atoms with Crippen molar-refractivity contribution < 1.29 is 33.8 Å². The molecule has 0 spiro atoms. The Bertz CT molecular complexity index is 904. The summed E-state index contributed by atoms with van der Waals surface area (Å²) < 4.78 is 9.97. The maximum Gasteiger partial charge on any atom is 0.408 e. The van der Waals surface area contributed by atoms with Crippen LogP contribution < -0.4 is 10.6 Å². The van der Waals surface area contributed by atoms with Gasteiger partial charge in [0.2, 0.25) is 11.8 Å². The third kappa shape index (κ3) is 9.96. The highest BCUT2D eigenvalue weighted by atomic mass is 32.2. The third-order valence-electron chi connectivity index (χ3n) is 5.27. The van der Waals surface area contributed by atoms with Crippen molar-refractivity contribution in [3.8, 4) is 5.75 Å². The lowest BCUT2D eigenvalue weighted by Crippen LogP contribution is -2.55. The van der Waals surface area contributed by atoms with Gasteiger partial charge in [-0.25, -0.2) is 4.79 Å². The van der Waals surface area contributed by atoms with Gasteiger partial charge in [0, 0.05) is 6.04 Å². The van der Waals surface area contributed by atoms with Crippen LogP contribution in [0.1, 0.15) is 59.1 Å². The number of phenolic OH excluding ortho intramolecular Hbond substituents is 1. The fourth-order valence-corrected chi connectivity index (χ4v) is 3.85. The first-order valence-electron chi connectivity index (χ1n) is 11.8. The Hall–Kier alpha value is -2.95. The van der Waals surface area contributed by atoms with Crippen molar-refractivity contribution in [2.45, 2.75) is 71.2 Å². The Morgan fingerprint density at radius 3 is 2.39 bits per heavy atom. The number of amides is 3. The van der Waals surface area contributed by atoms with E-state index in [1.807, 2.05) is 13.2 Å². The lowest BCUT2D eigenvalue weighted by molar-refractivity contribution is -0.146. The number of hydrogen-bond donors (Lipinski definition) is 3. The van der Waals surface area contributed by atoms with E-state index in [1.165, 1.54) is 35.9 Å². The predicted molar refractivity (Wildman–Crippen MR) is 139 cm³/mol. The van der Waals surface area contributed by atoms with Gasteiger partial charge in [0.15, 0.2) is 0 Å². The molecule has 0 aliphatic heterocycles.